The highest BCUT2D eigenvalue weighted by molar-refractivity contribution is 6.05. The summed E-state index contributed by atoms with van der Waals surface area (Å²) >= 11 is 0. The summed E-state index contributed by atoms with van der Waals surface area (Å²) in [7, 11) is 1.42. The molecule has 0 aliphatic heterocycles. The standard InChI is InChI=1S/C16H14F2N2O3/c1-9(21)19-13-8-10(6-7-14(13)23-2)20-16(22)15-11(17)4-3-5-12(15)18/h3-8H,1-2H3,(H,19,21)(H,20,22). The largest absolute Gasteiger partial charge is 0.495 e. The molecule has 7 heteroatoms. The fourth-order valence-electron chi connectivity index (χ4n) is 1.98. The number of anilines is 2. The van der Waals surface area contributed by atoms with Gasteiger partial charge in [-0.3, -0.25) is 9.59 Å². The SMILES string of the molecule is COc1ccc(NC(=O)c2c(F)cccc2F)cc1NC(C)=O. The van der Waals surface area contributed by atoms with E-state index in [1.807, 2.05) is 0 Å². The second-order valence-electron chi connectivity index (χ2n) is 4.65. The van der Waals surface area contributed by atoms with Crippen LogP contribution >= 0.6 is 0 Å². The molecule has 0 spiro atoms. The van der Waals surface area contributed by atoms with Crippen LogP contribution in [0.4, 0.5) is 20.2 Å². The number of ether oxygens (including phenoxy) is 1. The van der Waals surface area contributed by atoms with Gasteiger partial charge in [-0.1, -0.05) is 6.07 Å². The summed E-state index contributed by atoms with van der Waals surface area (Å²) < 4.78 is 32.3. The van der Waals surface area contributed by atoms with Gasteiger partial charge in [-0.2, -0.15) is 0 Å². The van der Waals surface area contributed by atoms with Crippen molar-refractivity contribution in [3.8, 4) is 5.75 Å². The Morgan fingerprint density at radius 1 is 1.04 bits per heavy atom. The van der Waals surface area contributed by atoms with Gasteiger partial charge in [0.15, 0.2) is 0 Å². The zero-order valence-corrected chi connectivity index (χ0v) is 12.4. The number of carbonyl (C=O) groups excluding carboxylic acids is 2. The number of halogens is 2. The van der Waals surface area contributed by atoms with Crippen LogP contribution in [0.5, 0.6) is 5.75 Å². The topological polar surface area (TPSA) is 67.4 Å². The first-order valence-electron chi connectivity index (χ1n) is 6.63. The zero-order valence-electron chi connectivity index (χ0n) is 12.4. The lowest BCUT2D eigenvalue weighted by Gasteiger charge is -2.12. The number of methoxy groups -OCH3 is 1. The molecule has 0 unspecified atom stereocenters. The molecule has 2 aromatic rings. The fourth-order valence-corrected chi connectivity index (χ4v) is 1.98. The van der Waals surface area contributed by atoms with E-state index >= 15 is 0 Å². The maximum Gasteiger partial charge on any atom is 0.261 e. The van der Waals surface area contributed by atoms with Crippen LogP contribution in [0.1, 0.15) is 17.3 Å². The highest BCUT2D eigenvalue weighted by atomic mass is 19.1. The lowest BCUT2D eigenvalue weighted by atomic mass is 10.1. The molecular weight excluding hydrogens is 306 g/mol. The molecule has 23 heavy (non-hydrogen) atoms. The maximum atomic E-state index is 13.6. The monoisotopic (exact) mass is 320 g/mol. The summed E-state index contributed by atoms with van der Waals surface area (Å²) in [4.78, 5) is 23.2. The summed E-state index contributed by atoms with van der Waals surface area (Å²) in [5, 5.41) is 4.92. The number of benzene rings is 2. The van der Waals surface area contributed by atoms with E-state index in [0.29, 0.717) is 11.4 Å². The van der Waals surface area contributed by atoms with Crippen molar-refractivity contribution < 1.29 is 23.1 Å². The minimum atomic E-state index is -0.960. The van der Waals surface area contributed by atoms with Gasteiger partial charge in [0, 0.05) is 12.6 Å². The first kappa shape index (κ1) is 16.4. The molecule has 0 radical (unpaired) electrons. The first-order chi connectivity index (χ1) is 10.9. The van der Waals surface area contributed by atoms with Crippen molar-refractivity contribution in [3.63, 3.8) is 0 Å². The van der Waals surface area contributed by atoms with Gasteiger partial charge in [-0.15, -0.1) is 0 Å². The highest BCUT2D eigenvalue weighted by Gasteiger charge is 2.17. The van der Waals surface area contributed by atoms with Crippen LogP contribution in [-0.2, 0) is 4.79 Å². The Balaban J connectivity index is 2.29. The zero-order chi connectivity index (χ0) is 17.0. The second kappa shape index (κ2) is 6.87. The number of nitrogens with one attached hydrogen (secondary N) is 2. The number of amides is 2. The van der Waals surface area contributed by atoms with Gasteiger partial charge in [0.2, 0.25) is 5.91 Å². The van der Waals surface area contributed by atoms with E-state index in [1.165, 1.54) is 38.3 Å². The Labute approximate surface area is 131 Å². The molecular formula is C16H14F2N2O3. The minimum Gasteiger partial charge on any atom is -0.495 e. The van der Waals surface area contributed by atoms with E-state index < -0.39 is 23.1 Å². The Morgan fingerprint density at radius 2 is 1.70 bits per heavy atom. The van der Waals surface area contributed by atoms with Gasteiger partial charge in [-0.25, -0.2) is 8.78 Å². The van der Waals surface area contributed by atoms with E-state index in [4.69, 9.17) is 4.74 Å². The maximum absolute atomic E-state index is 13.6. The van der Waals surface area contributed by atoms with E-state index in [-0.39, 0.29) is 11.6 Å². The molecule has 0 aromatic heterocycles. The predicted molar refractivity (Wildman–Crippen MR) is 81.6 cm³/mol. The summed E-state index contributed by atoms with van der Waals surface area (Å²) in [5.41, 5.74) is -0.0987. The Hall–Kier alpha value is -2.96. The lowest BCUT2D eigenvalue weighted by Crippen LogP contribution is -2.16. The van der Waals surface area contributed by atoms with Crippen LogP contribution in [0.25, 0.3) is 0 Å². The van der Waals surface area contributed by atoms with Crippen LogP contribution in [0.2, 0.25) is 0 Å². The van der Waals surface area contributed by atoms with Crippen molar-refractivity contribution in [1.82, 2.24) is 0 Å². The first-order valence-corrected chi connectivity index (χ1v) is 6.63. The smallest absolute Gasteiger partial charge is 0.261 e. The minimum absolute atomic E-state index is 0.252. The normalized spacial score (nSPS) is 10.1. The molecule has 0 saturated heterocycles. The Bertz CT molecular complexity index is 743. The molecule has 0 atom stereocenters. The third kappa shape index (κ3) is 3.82. The number of rotatable bonds is 4. The third-order valence-corrected chi connectivity index (χ3v) is 2.96. The molecule has 0 heterocycles. The molecule has 120 valence electrons. The van der Waals surface area contributed by atoms with Gasteiger partial charge in [0.05, 0.1) is 12.8 Å². The quantitative estimate of drug-likeness (QED) is 0.909. The molecule has 5 nitrogen and oxygen atoms in total. The molecule has 0 bridgehead atoms. The summed E-state index contributed by atoms with van der Waals surface area (Å²) in [5.74, 6) is -2.79. The van der Waals surface area contributed by atoms with Crippen LogP contribution in [0.3, 0.4) is 0 Å². The Morgan fingerprint density at radius 3 is 2.26 bits per heavy atom. The molecule has 2 rings (SSSR count). The second-order valence-corrected chi connectivity index (χ2v) is 4.65. The van der Waals surface area contributed by atoms with E-state index in [0.717, 1.165) is 12.1 Å². The van der Waals surface area contributed by atoms with Gasteiger partial charge in [0.25, 0.3) is 5.91 Å². The average Bonchev–Trinajstić information content (AvgIpc) is 2.46. The molecule has 2 N–H and O–H groups in total. The molecule has 2 amide bonds. The molecule has 2 aromatic carbocycles. The molecule has 0 saturated carbocycles. The van der Waals surface area contributed by atoms with Gasteiger partial charge >= 0.3 is 0 Å². The number of carbonyl (C=O) groups is 2. The van der Waals surface area contributed by atoms with Gasteiger partial charge < -0.3 is 15.4 Å². The molecule has 0 aliphatic rings. The summed E-state index contributed by atoms with van der Waals surface area (Å²) in [6.07, 6.45) is 0. The van der Waals surface area contributed by atoms with Crippen molar-refractivity contribution in [1.29, 1.82) is 0 Å². The average molecular weight is 320 g/mol. The van der Waals surface area contributed by atoms with Crippen LogP contribution in [0.15, 0.2) is 36.4 Å². The fraction of sp³-hybridized carbons (Fsp3) is 0.125. The van der Waals surface area contributed by atoms with Crippen molar-refractivity contribution in [2.45, 2.75) is 6.92 Å². The molecule has 0 aliphatic carbocycles. The van der Waals surface area contributed by atoms with Gasteiger partial charge in [-0.05, 0) is 30.3 Å². The Kier molecular flexibility index (Phi) is 4.90. The van der Waals surface area contributed by atoms with Crippen LogP contribution in [0, 0.1) is 11.6 Å². The lowest BCUT2D eigenvalue weighted by molar-refractivity contribution is -0.114. The van der Waals surface area contributed by atoms with Crippen molar-refractivity contribution >= 4 is 23.2 Å². The van der Waals surface area contributed by atoms with E-state index in [9.17, 15) is 18.4 Å². The number of hydrogen-bond acceptors (Lipinski definition) is 3. The number of hydrogen-bond donors (Lipinski definition) is 2. The molecule has 0 fully saturated rings. The van der Waals surface area contributed by atoms with Crippen molar-refractivity contribution in [2.24, 2.45) is 0 Å². The predicted octanol–water partition coefficient (Wildman–Crippen LogP) is 3.18. The highest BCUT2D eigenvalue weighted by Crippen LogP contribution is 2.28. The summed E-state index contributed by atoms with van der Waals surface area (Å²) in [6.45, 7) is 1.32. The van der Waals surface area contributed by atoms with Crippen LogP contribution in [-0.4, -0.2) is 18.9 Å². The van der Waals surface area contributed by atoms with E-state index in [1.54, 1.807) is 0 Å². The van der Waals surface area contributed by atoms with Crippen molar-refractivity contribution in [3.05, 3.63) is 53.6 Å². The summed E-state index contributed by atoms with van der Waals surface area (Å²) in [6, 6.07) is 7.59. The van der Waals surface area contributed by atoms with E-state index in [2.05, 4.69) is 10.6 Å². The third-order valence-electron chi connectivity index (χ3n) is 2.96. The van der Waals surface area contributed by atoms with Crippen molar-refractivity contribution in [2.75, 3.05) is 17.7 Å². The van der Waals surface area contributed by atoms with Crippen LogP contribution < -0.4 is 15.4 Å². The van der Waals surface area contributed by atoms with Gasteiger partial charge in [0.1, 0.15) is 22.9 Å².